The van der Waals surface area contributed by atoms with Crippen LogP contribution in [0, 0.1) is 5.92 Å². The zero-order chi connectivity index (χ0) is 17.9. The van der Waals surface area contributed by atoms with Crippen LogP contribution in [0.1, 0.15) is 117 Å². The molecule has 0 spiro atoms. The topological polar surface area (TPSA) is 46.5 Å². The first kappa shape index (κ1) is 24.0. The molecule has 24 heavy (non-hydrogen) atoms. The Labute approximate surface area is 151 Å². The zero-order valence-electron chi connectivity index (χ0n) is 16.3. The van der Waals surface area contributed by atoms with E-state index >= 15 is 0 Å². The van der Waals surface area contributed by atoms with Crippen LogP contribution in [0.2, 0.25) is 0 Å². The van der Waals surface area contributed by atoms with Gasteiger partial charge in [0.15, 0.2) is 0 Å². The molecule has 144 valence electrons. The predicted octanol–water partition coefficient (Wildman–Crippen LogP) is 7.55. The van der Waals surface area contributed by atoms with E-state index in [1.54, 1.807) is 0 Å². The van der Waals surface area contributed by atoms with Crippen LogP contribution < -0.4 is 0 Å². The van der Waals surface area contributed by atoms with E-state index in [9.17, 15) is 4.57 Å². The summed E-state index contributed by atoms with van der Waals surface area (Å²) in [6.45, 7) is 5.06. The van der Waals surface area contributed by atoms with Crippen molar-refractivity contribution in [3.8, 4) is 0 Å². The zero-order valence-corrected chi connectivity index (χ0v) is 17.2. The van der Waals surface area contributed by atoms with Gasteiger partial charge in [0.1, 0.15) is 6.61 Å². The van der Waals surface area contributed by atoms with E-state index in [1.165, 1.54) is 89.9 Å². The average Bonchev–Trinajstić information content (AvgIpc) is 2.53. The molecule has 0 aromatic heterocycles. The molecule has 0 aliphatic rings. The Bertz CT molecular complexity index is 270. The molecule has 3 nitrogen and oxygen atoms in total. The molecule has 0 aromatic rings. The number of unbranched alkanes of at least 4 members (excludes halogenated alkanes) is 14. The van der Waals surface area contributed by atoms with Crippen molar-refractivity contribution in [3.63, 3.8) is 0 Å². The van der Waals surface area contributed by atoms with E-state index in [4.69, 9.17) is 4.89 Å². The van der Waals surface area contributed by atoms with Crippen LogP contribution in [-0.4, -0.2) is 11.5 Å². The van der Waals surface area contributed by atoms with Crippen molar-refractivity contribution in [3.05, 3.63) is 0 Å². The van der Waals surface area contributed by atoms with E-state index in [-0.39, 0.29) is 0 Å². The third-order valence-electron chi connectivity index (χ3n) is 4.63. The van der Waals surface area contributed by atoms with E-state index < -0.39 is 8.25 Å². The Hall–Kier alpha value is 0.0200. The van der Waals surface area contributed by atoms with Gasteiger partial charge >= 0.3 is 8.25 Å². The molecule has 0 amide bonds. The van der Waals surface area contributed by atoms with Crippen LogP contribution in [0.5, 0.6) is 0 Å². The van der Waals surface area contributed by atoms with Gasteiger partial charge in [-0.2, -0.15) is 0 Å². The summed E-state index contributed by atoms with van der Waals surface area (Å²) >= 11 is 0. The molecule has 0 saturated heterocycles. The maximum atomic E-state index is 10.3. The van der Waals surface area contributed by atoms with Crippen molar-refractivity contribution >= 4 is 8.25 Å². The molecule has 1 atom stereocenters. The molecule has 0 aliphatic heterocycles. The van der Waals surface area contributed by atoms with Crippen molar-refractivity contribution in [2.45, 2.75) is 117 Å². The first-order valence-corrected chi connectivity index (χ1v) is 11.5. The summed E-state index contributed by atoms with van der Waals surface area (Å²) in [5, 5.41) is 0. The van der Waals surface area contributed by atoms with Gasteiger partial charge in [-0.15, -0.1) is 9.42 Å². The van der Waals surface area contributed by atoms with Crippen LogP contribution >= 0.6 is 8.25 Å². The molecule has 1 N–H and O–H groups in total. The third kappa shape index (κ3) is 22.0. The van der Waals surface area contributed by atoms with E-state index in [1.807, 2.05) is 0 Å². The molecular weight excluding hydrogens is 319 g/mol. The van der Waals surface area contributed by atoms with Crippen molar-refractivity contribution in [2.24, 2.45) is 5.92 Å². The fraction of sp³-hybridized carbons (Fsp3) is 1.00. The minimum Gasteiger partial charge on any atom is -0.133 e. The molecule has 1 unspecified atom stereocenters. The molecular formula is C20H42O3P+. The summed E-state index contributed by atoms with van der Waals surface area (Å²) in [5.41, 5.74) is 0. The maximum absolute atomic E-state index is 10.3. The first-order valence-electron chi connectivity index (χ1n) is 10.4. The second-order valence-electron chi connectivity index (χ2n) is 7.56. The standard InChI is InChI=1S/C20H41O3P/c1-20(2)18-16-14-12-10-8-6-4-3-5-7-9-11-13-15-17-19-23-24(21)22/h20H,3-19H2,1-2H3/p+1. The highest BCUT2D eigenvalue weighted by Crippen LogP contribution is 2.17. The largest absolute Gasteiger partial charge is 0.694 e. The van der Waals surface area contributed by atoms with Crippen molar-refractivity contribution in [1.29, 1.82) is 0 Å². The van der Waals surface area contributed by atoms with Gasteiger partial charge in [0.05, 0.1) is 0 Å². The Kier molecular flexibility index (Phi) is 19.4. The van der Waals surface area contributed by atoms with Crippen LogP contribution in [0.3, 0.4) is 0 Å². The highest BCUT2D eigenvalue weighted by atomic mass is 31.1. The fourth-order valence-corrected chi connectivity index (χ4v) is 3.38. The monoisotopic (exact) mass is 361 g/mol. The summed E-state index contributed by atoms with van der Waals surface area (Å²) < 4.78 is 14.9. The van der Waals surface area contributed by atoms with Gasteiger partial charge in [-0.1, -0.05) is 110 Å². The second kappa shape index (κ2) is 19.3. The van der Waals surface area contributed by atoms with Crippen LogP contribution in [-0.2, 0) is 9.09 Å². The van der Waals surface area contributed by atoms with Gasteiger partial charge < -0.3 is 0 Å². The smallest absolute Gasteiger partial charge is 0.133 e. The summed E-state index contributed by atoms with van der Waals surface area (Å²) in [5.74, 6) is 0.873. The minimum absolute atomic E-state index is 0.420. The SMILES string of the molecule is CC(C)CCCCCCCCCCCCCCCCCO[P+](=O)O. The Morgan fingerprint density at radius 3 is 1.33 bits per heavy atom. The molecule has 0 bridgehead atoms. The average molecular weight is 362 g/mol. The van der Waals surface area contributed by atoms with Gasteiger partial charge in [0, 0.05) is 4.57 Å². The second-order valence-corrected chi connectivity index (χ2v) is 8.29. The van der Waals surface area contributed by atoms with Crippen molar-refractivity contribution in [2.75, 3.05) is 6.61 Å². The lowest BCUT2D eigenvalue weighted by atomic mass is 10.0. The first-order chi connectivity index (χ1) is 11.6. The molecule has 0 rings (SSSR count). The van der Waals surface area contributed by atoms with E-state index in [0.29, 0.717) is 6.61 Å². The van der Waals surface area contributed by atoms with E-state index in [2.05, 4.69) is 18.4 Å². The lowest BCUT2D eigenvalue weighted by Gasteiger charge is -2.05. The predicted molar refractivity (Wildman–Crippen MR) is 104 cm³/mol. The molecule has 0 fully saturated rings. The molecule has 0 heterocycles. The normalized spacial score (nSPS) is 12.1. The van der Waals surface area contributed by atoms with Crippen molar-refractivity contribution in [1.82, 2.24) is 0 Å². The molecule has 0 saturated carbocycles. The van der Waals surface area contributed by atoms with Crippen LogP contribution in [0.4, 0.5) is 0 Å². The van der Waals surface area contributed by atoms with E-state index in [0.717, 1.165) is 18.8 Å². The lowest BCUT2D eigenvalue weighted by Crippen LogP contribution is -1.88. The summed E-state index contributed by atoms with van der Waals surface area (Å²) in [4.78, 5) is 8.48. The summed E-state index contributed by atoms with van der Waals surface area (Å²) in [6.07, 6.45) is 21.4. The Morgan fingerprint density at radius 1 is 0.667 bits per heavy atom. The van der Waals surface area contributed by atoms with Gasteiger partial charge in [-0.25, -0.2) is 0 Å². The van der Waals surface area contributed by atoms with Crippen LogP contribution in [0.25, 0.3) is 0 Å². The Morgan fingerprint density at radius 2 is 1.00 bits per heavy atom. The maximum Gasteiger partial charge on any atom is 0.694 e. The number of rotatable bonds is 19. The summed E-state index contributed by atoms with van der Waals surface area (Å²) in [6, 6.07) is 0. The molecule has 0 radical (unpaired) electrons. The van der Waals surface area contributed by atoms with Crippen LogP contribution in [0.15, 0.2) is 0 Å². The van der Waals surface area contributed by atoms with Gasteiger partial charge in [0.25, 0.3) is 0 Å². The van der Waals surface area contributed by atoms with Gasteiger partial charge in [-0.05, 0) is 12.3 Å². The third-order valence-corrected chi connectivity index (χ3v) is 5.03. The lowest BCUT2D eigenvalue weighted by molar-refractivity contribution is 0.273. The molecule has 4 heteroatoms. The highest BCUT2D eigenvalue weighted by Gasteiger charge is 2.09. The number of hydrogen-bond donors (Lipinski definition) is 1. The minimum atomic E-state index is -2.40. The molecule has 0 aliphatic carbocycles. The highest BCUT2D eigenvalue weighted by molar-refractivity contribution is 7.32. The molecule has 0 aromatic carbocycles. The van der Waals surface area contributed by atoms with Gasteiger partial charge in [0.2, 0.25) is 0 Å². The van der Waals surface area contributed by atoms with Gasteiger partial charge in [-0.3, -0.25) is 0 Å². The van der Waals surface area contributed by atoms with Crippen molar-refractivity contribution < 1.29 is 14.0 Å². The fourth-order valence-electron chi connectivity index (χ4n) is 3.10. The number of hydrogen-bond acceptors (Lipinski definition) is 2. The summed E-state index contributed by atoms with van der Waals surface area (Å²) in [7, 11) is -2.40. The quantitative estimate of drug-likeness (QED) is 0.191. The Balaban J connectivity index is 2.99.